The van der Waals surface area contributed by atoms with Gasteiger partial charge in [0, 0.05) is 25.8 Å². The fraction of sp³-hybridized carbons (Fsp3) is 0.714. The Morgan fingerprint density at radius 2 is 2.17 bits per heavy atom. The fourth-order valence-electron chi connectivity index (χ4n) is 1.88. The number of hydrogen-bond donors (Lipinski definition) is 1. The van der Waals surface area contributed by atoms with Gasteiger partial charge in [-0.2, -0.15) is 0 Å². The highest BCUT2D eigenvalue weighted by Gasteiger charge is 2.04. The second-order valence-electron chi connectivity index (χ2n) is 4.69. The molecule has 0 atom stereocenters. The molecule has 1 aromatic rings. The van der Waals surface area contributed by atoms with E-state index in [0.717, 1.165) is 38.5 Å². The Bertz CT molecular complexity index is 312. The molecule has 18 heavy (non-hydrogen) atoms. The molecular weight excluding hydrogens is 228 g/mol. The lowest BCUT2D eigenvalue weighted by Crippen LogP contribution is -2.23. The monoisotopic (exact) mass is 254 g/mol. The van der Waals surface area contributed by atoms with Crippen LogP contribution in [0.1, 0.15) is 24.2 Å². The van der Waals surface area contributed by atoms with E-state index in [-0.39, 0.29) is 0 Å². The molecule has 1 heterocycles. The Hall–Kier alpha value is -0.840. The predicted octanol–water partition coefficient (Wildman–Crippen LogP) is 2.04. The Kier molecular flexibility index (Phi) is 7.73. The van der Waals surface area contributed by atoms with Gasteiger partial charge < -0.3 is 19.4 Å². The molecule has 0 aliphatic rings. The molecule has 0 aliphatic carbocycles. The number of furan rings is 1. The normalized spacial score (nSPS) is 11.3. The second kappa shape index (κ2) is 9.14. The van der Waals surface area contributed by atoms with Crippen molar-refractivity contribution in [2.24, 2.45) is 0 Å². The van der Waals surface area contributed by atoms with Crippen LogP contribution in [0.4, 0.5) is 0 Å². The molecule has 1 N–H and O–H groups in total. The summed E-state index contributed by atoms with van der Waals surface area (Å²) in [5.74, 6) is 1.03. The molecule has 4 nitrogen and oxygen atoms in total. The minimum absolute atomic E-state index is 0.791. The lowest BCUT2D eigenvalue weighted by atomic mass is 10.2. The highest BCUT2D eigenvalue weighted by molar-refractivity contribution is 5.14. The fourth-order valence-corrected chi connectivity index (χ4v) is 1.88. The minimum Gasteiger partial charge on any atom is -0.469 e. The van der Waals surface area contributed by atoms with Crippen LogP contribution in [-0.2, 0) is 11.3 Å². The van der Waals surface area contributed by atoms with E-state index in [9.17, 15) is 0 Å². The summed E-state index contributed by atoms with van der Waals surface area (Å²) in [4.78, 5) is 2.34. The summed E-state index contributed by atoms with van der Waals surface area (Å²) in [6.07, 6.45) is 4.18. The number of nitrogens with one attached hydrogen (secondary N) is 1. The molecule has 0 aromatic carbocycles. The molecular formula is C14H26N2O2. The van der Waals surface area contributed by atoms with Gasteiger partial charge in [-0.15, -0.1) is 0 Å². The maximum atomic E-state index is 5.30. The van der Waals surface area contributed by atoms with E-state index in [1.807, 2.05) is 6.92 Å². The SMILES string of the molecule is COCCNCCCCN(C)Cc1ccoc1C. The number of ether oxygens (including phenoxy) is 1. The van der Waals surface area contributed by atoms with E-state index < -0.39 is 0 Å². The topological polar surface area (TPSA) is 37.6 Å². The van der Waals surface area contributed by atoms with Crippen molar-refractivity contribution < 1.29 is 9.15 Å². The van der Waals surface area contributed by atoms with Crippen LogP contribution >= 0.6 is 0 Å². The highest BCUT2D eigenvalue weighted by atomic mass is 16.5. The van der Waals surface area contributed by atoms with Gasteiger partial charge in [-0.1, -0.05) is 0 Å². The predicted molar refractivity (Wildman–Crippen MR) is 73.8 cm³/mol. The molecule has 0 saturated carbocycles. The zero-order chi connectivity index (χ0) is 13.2. The Morgan fingerprint density at radius 3 is 2.83 bits per heavy atom. The van der Waals surface area contributed by atoms with Gasteiger partial charge in [-0.05, 0) is 46.0 Å². The van der Waals surface area contributed by atoms with Crippen molar-refractivity contribution in [3.63, 3.8) is 0 Å². The van der Waals surface area contributed by atoms with E-state index in [2.05, 4.69) is 23.3 Å². The van der Waals surface area contributed by atoms with Crippen molar-refractivity contribution in [1.82, 2.24) is 10.2 Å². The van der Waals surface area contributed by atoms with Gasteiger partial charge >= 0.3 is 0 Å². The van der Waals surface area contributed by atoms with Gasteiger partial charge in [0.2, 0.25) is 0 Å². The van der Waals surface area contributed by atoms with Gasteiger partial charge in [0.1, 0.15) is 5.76 Å². The number of nitrogens with zero attached hydrogens (tertiary/aromatic N) is 1. The molecule has 0 aliphatic heterocycles. The summed E-state index contributed by atoms with van der Waals surface area (Å²) >= 11 is 0. The molecule has 0 bridgehead atoms. The third kappa shape index (κ3) is 6.19. The maximum Gasteiger partial charge on any atom is 0.105 e. The third-order valence-electron chi connectivity index (χ3n) is 3.03. The van der Waals surface area contributed by atoms with Crippen LogP contribution in [-0.4, -0.2) is 45.3 Å². The lowest BCUT2D eigenvalue weighted by molar-refractivity contribution is 0.199. The summed E-state index contributed by atoms with van der Waals surface area (Å²) in [7, 11) is 3.89. The molecule has 0 amide bonds. The van der Waals surface area contributed by atoms with E-state index in [1.165, 1.54) is 18.4 Å². The highest BCUT2D eigenvalue weighted by Crippen LogP contribution is 2.11. The molecule has 0 spiro atoms. The van der Waals surface area contributed by atoms with Crippen molar-refractivity contribution in [3.05, 3.63) is 23.7 Å². The molecule has 0 fully saturated rings. The van der Waals surface area contributed by atoms with Gasteiger partial charge in [-0.25, -0.2) is 0 Å². The Labute approximate surface area is 110 Å². The van der Waals surface area contributed by atoms with Crippen molar-refractivity contribution >= 4 is 0 Å². The van der Waals surface area contributed by atoms with Crippen LogP contribution in [0, 0.1) is 6.92 Å². The first kappa shape index (κ1) is 15.2. The molecule has 104 valence electrons. The largest absolute Gasteiger partial charge is 0.469 e. The maximum absolute atomic E-state index is 5.30. The molecule has 0 saturated heterocycles. The number of rotatable bonds is 10. The first-order valence-corrected chi connectivity index (χ1v) is 6.65. The van der Waals surface area contributed by atoms with Crippen LogP contribution in [0.2, 0.25) is 0 Å². The van der Waals surface area contributed by atoms with Gasteiger partial charge in [0.25, 0.3) is 0 Å². The quantitative estimate of drug-likeness (QED) is 0.648. The first-order chi connectivity index (χ1) is 8.74. The van der Waals surface area contributed by atoms with Crippen LogP contribution in [0.5, 0.6) is 0 Å². The molecule has 0 radical (unpaired) electrons. The van der Waals surface area contributed by atoms with E-state index >= 15 is 0 Å². The Morgan fingerprint density at radius 1 is 1.33 bits per heavy atom. The number of unbranched alkanes of at least 4 members (excludes halogenated alkanes) is 1. The van der Waals surface area contributed by atoms with E-state index in [4.69, 9.17) is 9.15 Å². The molecule has 4 heteroatoms. The lowest BCUT2D eigenvalue weighted by Gasteiger charge is -2.16. The summed E-state index contributed by atoms with van der Waals surface area (Å²) in [6, 6.07) is 2.05. The molecule has 1 rings (SSSR count). The van der Waals surface area contributed by atoms with Crippen molar-refractivity contribution in [3.8, 4) is 0 Å². The molecule has 0 unspecified atom stereocenters. The van der Waals surface area contributed by atoms with Crippen LogP contribution < -0.4 is 5.32 Å². The number of methoxy groups -OCH3 is 1. The Balaban J connectivity index is 2.00. The van der Waals surface area contributed by atoms with Crippen molar-refractivity contribution in [2.75, 3.05) is 40.4 Å². The zero-order valence-corrected chi connectivity index (χ0v) is 11.9. The summed E-state index contributed by atoms with van der Waals surface area (Å²) in [5, 5.41) is 3.36. The van der Waals surface area contributed by atoms with Gasteiger partial charge in [0.05, 0.1) is 12.9 Å². The van der Waals surface area contributed by atoms with Crippen molar-refractivity contribution in [2.45, 2.75) is 26.3 Å². The first-order valence-electron chi connectivity index (χ1n) is 6.65. The smallest absolute Gasteiger partial charge is 0.105 e. The van der Waals surface area contributed by atoms with E-state index in [0.29, 0.717) is 0 Å². The zero-order valence-electron chi connectivity index (χ0n) is 11.9. The van der Waals surface area contributed by atoms with Crippen LogP contribution in [0.3, 0.4) is 0 Å². The number of aryl methyl sites for hydroxylation is 1. The van der Waals surface area contributed by atoms with E-state index in [1.54, 1.807) is 13.4 Å². The standard InChI is InChI=1S/C14H26N2O2/c1-13-14(6-10-18-13)12-16(2)9-5-4-7-15-8-11-17-3/h6,10,15H,4-5,7-9,11-12H2,1-3H3. The van der Waals surface area contributed by atoms with Gasteiger partial charge in [-0.3, -0.25) is 0 Å². The second-order valence-corrected chi connectivity index (χ2v) is 4.69. The average Bonchev–Trinajstić information content (AvgIpc) is 2.74. The number of hydrogen-bond acceptors (Lipinski definition) is 4. The summed E-state index contributed by atoms with van der Waals surface area (Å²) < 4.78 is 10.3. The molecule has 1 aromatic heterocycles. The van der Waals surface area contributed by atoms with Crippen molar-refractivity contribution in [1.29, 1.82) is 0 Å². The summed E-state index contributed by atoms with van der Waals surface area (Å²) in [5.41, 5.74) is 1.29. The third-order valence-corrected chi connectivity index (χ3v) is 3.03. The van der Waals surface area contributed by atoms with Gasteiger partial charge in [0.15, 0.2) is 0 Å². The average molecular weight is 254 g/mol. The van der Waals surface area contributed by atoms with Crippen LogP contribution in [0.25, 0.3) is 0 Å². The summed E-state index contributed by atoms with van der Waals surface area (Å²) in [6.45, 7) is 6.92. The minimum atomic E-state index is 0.791. The van der Waals surface area contributed by atoms with Crippen LogP contribution in [0.15, 0.2) is 16.7 Å².